The Bertz CT molecular complexity index is 397. The number of aromatic nitrogens is 2. The molecule has 3 unspecified atom stereocenters. The predicted molar refractivity (Wildman–Crippen MR) is 84.9 cm³/mol. The molecule has 1 saturated carbocycles. The number of nitrogens with one attached hydrogen (secondary N) is 1. The van der Waals surface area contributed by atoms with Crippen LogP contribution in [0.1, 0.15) is 65.1 Å². The highest BCUT2D eigenvalue weighted by atomic mass is 15.1. The van der Waals surface area contributed by atoms with Gasteiger partial charge in [-0.3, -0.25) is 0 Å². The topological polar surface area (TPSA) is 29.9 Å². The molecule has 0 aliphatic heterocycles. The summed E-state index contributed by atoms with van der Waals surface area (Å²) < 4.78 is 2.38. The smallest absolute Gasteiger partial charge is 0.112 e. The van der Waals surface area contributed by atoms with Gasteiger partial charge in [0.15, 0.2) is 0 Å². The van der Waals surface area contributed by atoms with Crippen LogP contribution < -0.4 is 5.32 Å². The summed E-state index contributed by atoms with van der Waals surface area (Å²) in [4.78, 5) is 4.71. The Kier molecular flexibility index (Phi) is 5.64. The van der Waals surface area contributed by atoms with Gasteiger partial charge in [-0.2, -0.15) is 0 Å². The molecule has 1 aliphatic rings. The molecule has 3 nitrogen and oxygen atoms in total. The van der Waals surface area contributed by atoms with Crippen LogP contribution in [0, 0.1) is 11.8 Å². The number of imidazole rings is 1. The van der Waals surface area contributed by atoms with Crippen molar-refractivity contribution in [3.63, 3.8) is 0 Å². The highest BCUT2D eigenvalue weighted by molar-refractivity contribution is 5.05. The van der Waals surface area contributed by atoms with Crippen LogP contribution in [-0.4, -0.2) is 22.1 Å². The zero-order chi connectivity index (χ0) is 14.5. The minimum Gasteiger partial charge on any atom is -0.335 e. The Morgan fingerprint density at radius 2 is 2.20 bits per heavy atom. The zero-order valence-corrected chi connectivity index (χ0v) is 13.6. The molecule has 1 fully saturated rings. The number of rotatable bonds is 6. The highest BCUT2D eigenvalue weighted by Crippen LogP contribution is 2.39. The van der Waals surface area contributed by atoms with E-state index in [4.69, 9.17) is 4.98 Å². The summed E-state index contributed by atoms with van der Waals surface area (Å²) in [6, 6.07) is 0.574. The number of hydrogen-bond donors (Lipinski definition) is 1. The fourth-order valence-electron chi connectivity index (χ4n) is 3.47. The van der Waals surface area contributed by atoms with Crippen LogP contribution in [0.4, 0.5) is 0 Å². The summed E-state index contributed by atoms with van der Waals surface area (Å²) in [5.41, 5.74) is 0. The summed E-state index contributed by atoms with van der Waals surface area (Å²) in [5, 5.41) is 3.64. The minimum atomic E-state index is 0.574. The van der Waals surface area contributed by atoms with E-state index in [1.165, 1.54) is 31.5 Å². The summed E-state index contributed by atoms with van der Waals surface area (Å²) in [5.74, 6) is 3.54. The molecule has 1 N–H and O–H groups in total. The first-order chi connectivity index (χ1) is 9.61. The van der Waals surface area contributed by atoms with Crippen molar-refractivity contribution in [1.82, 2.24) is 14.9 Å². The summed E-state index contributed by atoms with van der Waals surface area (Å²) in [7, 11) is 0. The Balaban J connectivity index is 2.12. The molecule has 3 atom stereocenters. The molecule has 1 aliphatic carbocycles. The van der Waals surface area contributed by atoms with Crippen molar-refractivity contribution in [2.75, 3.05) is 6.54 Å². The molecule has 114 valence electrons. The van der Waals surface area contributed by atoms with Gasteiger partial charge >= 0.3 is 0 Å². The maximum Gasteiger partial charge on any atom is 0.112 e. The Labute approximate surface area is 124 Å². The van der Waals surface area contributed by atoms with Crippen LogP contribution in [0.15, 0.2) is 12.4 Å². The lowest BCUT2D eigenvalue weighted by atomic mass is 9.74. The molecule has 0 spiro atoms. The van der Waals surface area contributed by atoms with Crippen LogP contribution in [0.3, 0.4) is 0 Å². The van der Waals surface area contributed by atoms with Gasteiger partial charge in [0.05, 0.1) is 0 Å². The van der Waals surface area contributed by atoms with Crippen molar-refractivity contribution in [1.29, 1.82) is 0 Å². The normalized spacial score (nSPS) is 27.1. The van der Waals surface area contributed by atoms with Crippen LogP contribution in [0.5, 0.6) is 0 Å². The molecule has 0 bridgehead atoms. The van der Waals surface area contributed by atoms with Crippen LogP contribution in [0.2, 0.25) is 0 Å². The van der Waals surface area contributed by atoms with Crippen molar-refractivity contribution in [3.05, 3.63) is 18.2 Å². The summed E-state index contributed by atoms with van der Waals surface area (Å²) >= 11 is 0. The Hall–Kier alpha value is -0.830. The summed E-state index contributed by atoms with van der Waals surface area (Å²) in [6.45, 7) is 11.3. The quantitative estimate of drug-likeness (QED) is 0.857. The van der Waals surface area contributed by atoms with E-state index in [2.05, 4.69) is 43.8 Å². The average molecular weight is 277 g/mol. The lowest BCUT2D eigenvalue weighted by Crippen LogP contribution is -2.35. The van der Waals surface area contributed by atoms with E-state index in [1.54, 1.807) is 0 Å². The molecule has 3 heteroatoms. The molecular formula is C17H31N3. The first-order valence-electron chi connectivity index (χ1n) is 8.36. The lowest BCUT2D eigenvalue weighted by Gasteiger charge is -2.35. The molecule has 1 aromatic rings. The van der Waals surface area contributed by atoms with Gasteiger partial charge in [-0.15, -0.1) is 0 Å². The molecule has 0 saturated heterocycles. The van der Waals surface area contributed by atoms with E-state index >= 15 is 0 Å². The lowest BCUT2D eigenvalue weighted by molar-refractivity contribution is 0.227. The zero-order valence-electron chi connectivity index (χ0n) is 13.6. The van der Waals surface area contributed by atoms with Gasteiger partial charge in [-0.1, -0.05) is 34.1 Å². The number of aryl methyl sites for hydroxylation is 1. The van der Waals surface area contributed by atoms with Gasteiger partial charge in [0, 0.05) is 30.9 Å². The van der Waals surface area contributed by atoms with E-state index in [1.807, 2.05) is 6.20 Å². The Morgan fingerprint density at radius 3 is 2.90 bits per heavy atom. The van der Waals surface area contributed by atoms with Gasteiger partial charge in [0.25, 0.3) is 0 Å². The van der Waals surface area contributed by atoms with Gasteiger partial charge in [-0.05, 0) is 37.6 Å². The monoisotopic (exact) mass is 277 g/mol. The van der Waals surface area contributed by atoms with Crippen molar-refractivity contribution < 1.29 is 0 Å². The SMILES string of the molecule is CCCn1ccnc1C1CC(C)CCC1CNC(C)C. The molecule has 0 aromatic carbocycles. The molecule has 1 heterocycles. The van der Waals surface area contributed by atoms with Gasteiger partial charge in [0.1, 0.15) is 5.82 Å². The number of hydrogen-bond acceptors (Lipinski definition) is 2. The second kappa shape index (κ2) is 7.26. The molecule has 0 radical (unpaired) electrons. The maximum absolute atomic E-state index is 4.71. The standard InChI is InChI=1S/C17H31N3/c1-5-9-20-10-8-18-17(20)16-11-14(4)6-7-15(16)12-19-13(2)3/h8,10,13-16,19H,5-7,9,11-12H2,1-4H3. The van der Waals surface area contributed by atoms with E-state index in [0.717, 1.165) is 24.9 Å². The van der Waals surface area contributed by atoms with E-state index in [9.17, 15) is 0 Å². The van der Waals surface area contributed by atoms with Crippen molar-refractivity contribution >= 4 is 0 Å². The van der Waals surface area contributed by atoms with Crippen molar-refractivity contribution in [2.45, 2.75) is 71.9 Å². The first-order valence-corrected chi connectivity index (χ1v) is 8.36. The first kappa shape index (κ1) is 15.6. The minimum absolute atomic E-state index is 0.574. The third kappa shape index (κ3) is 3.85. The Morgan fingerprint density at radius 1 is 1.40 bits per heavy atom. The molecular weight excluding hydrogens is 246 g/mol. The molecule has 1 aromatic heterocycles. The molecule has 20 heavy (non-hydrogen) atoms. The van der Waals surface area contributed by atoms with Crippen LogP contribution in [-0.2, 0) is 6.54 Å². The van der Waals surface area contributed by atoms with Crippen molar-refractivity contribution in [2.24, 2.45) is 11.8 Å². The van der Waals surface area contributed by atoms with Gasteiger partial charge in [0.2, 0.25) is 0 Å². The third-order valence-corrected chi connectivity index (χ3v) is 4.59. The fraction of sp³-hybridized carbons (Fsp3) is 0.824. The van der Waals surface area contributed by atoms with Crippen LogP contribution >= 0.6 is 0 Å². The van der Waals surface area contributed by atoms with E-state index in [0.29, 0.717) is 12.0 Å². The molecule has 0 amide bonds. The third-order valence-electron chi connectivity index (χ3n) is 4.59. The van der Waals surface area contributed by atoms with Crippen molar-refractivity contribution in [3.8, 4) is 0 Å². The second-order valence-electron chi connectivity index (χ2n) is 6.83. The number of nitrogens with zero attached hydrogens (tertiary/aromatic N) is 2. The van der Waals surface area contributed by atoms with Gasteiger partial charge < -0.3 is 9.88 Å². The van der Waals surface area contributed by atoms with E-state index < -0.39 is 0 Å². The molecule has 2 rings (SSSR count). The fourth-order valence-corrected chi connectivity index (χ4v) is 3.47. The van der Waals surface area contributed by atoms with E-state index in [-0.39, 0.29) is 0 Å². The average Bonchev–Trinajstić information content (AvgIpc) is 2.85. The second-order valence-corrected chi connectivity index (χ2v) is 6.83. The highest BCUT2D eigenvalue weighted by Gasteiger charge is 2.32. The van der Waals surface area contributed by atoms with Crippen LogP contribution in [0.25, 0.3) is 0 Å². The maximum atomic E-state index is 4.71. The summed E-state index contributed by atoms with van der Waals surface area (Å²) in [6.07, 6.45) is 9.33. The predicted octanol–water partition coefficient (Wildman–Crippen LogP) is 3.81. The largest absolute Gasteiger partial charge is 0.335 e. The van der Waals surface area contributed by atoms with Gasteiger partial charge in [-0.25, -0.2) is 4.98 Å².